The number of hydrogen-bond acceptors (Lipinski definition) is 3. The predicted octanol–water partition coefficient (Wildman–Crippen LogP) is 4.31. The topological polar surface area (TPSA) is 48.2 Å². The van der Waals surface area contributed by atoms with Crippen molar-refractivity contribution in [3.8, 4) is 11.5 Å². The summed E-state index contributed by atoms with van der Waals surface area (Å²) in [4.78, 5) is 0. The number of ether oxygens (including phenoxy) is 2. The molecule has 0 amide bonds. The molecule has 0 saturated carbocycles. The molecule has 0 aliphatic carbocycles. The fourth-order valence-corrected chi connectivity index (χ4v) is 3.01. The SMILES string of the molecule is CCOc1cc(C[NH2+]Cc2ccco2)cc(Cl)c1OCc1ccccc1F. The van der Waals surface area contributed by atoms with Crippen molar-refractivity contribution in [3.05, 3.63) is 82.5 Å². The van der Waals surface area contributed by atoms with E-state index in [4.69, 9.17) is 25.5 Å². The third-order valence-corrected chi connectivity index (χ3v) is 4.29. The molecule has 0 unspecified atom stereocenters. The zero-order chi connectivity index (χ0) is 19.1. The summed E-state index contributed by atoms with van der Waals surface area (Å²) in [5.74, 6) is 1.59. The van der Waals surface area contributed by atoms with Crippen LogP contribution in [0.5, 0.6) is 11.5 Å². The van der Waals surface area contributed by atoms with Gasteiger partial charge in [0.25, 0.3) is 0 Å². The van der Waals surface area contributed by atoms with Gasteiger partial charge < -0.3 is 19.2 Å². The monoisotopic (exact) mass is 390 g/mol. The number of halogens is 2. The molecular weight excluding hydrogens is 369 g/mol. The Morgan fingerprint density at radius 3 is 2.67 bits per heavy atom. The van der Waals surface area contributed by atoms with Crippen molar-refractivity contribution >= 4 is 11.6 Å². The number of furan rings is 1. The smallest absolute Gasteiger partial charge is 0.180 e. The molecule has 2 N–H and O–H groups in total. The van der Waals surface area contributed by atoms with Crippen molar-refractivity contribution < 1.29 is 23.6 Å². The molecule has 3 aromatic rings. The summed E-state index contributed by atoms with van der Waals surface area (Å²) in [6.07, 6.45) is 1.66. The van der Waals surface area contributed by atoms with Crippen LogP contribution >= 0.6 is 11.6 Å². The second kappa shape index (κ2) is 9.44. The molecule has 0 radical (unpaired) electrons. The second-order valence-electron chi connectivity index (χ2n) is 5.99. The predicted molar refractivity (Wildman–Crippen MR) is 101 cm³/mol. The van der Waals surface area contributed by atoms with E-state index in [1.165, 1.54) is 6.07 Å². The van der Waals surface area contributed by atoms with Gasteiger partial charge in [-0.25, -0.2) is 4.39 Å². The van der Waals surface area contributed by atoms with Gasteiger partial charge in [-0.2, -0.15) is 0 Å². The minimum absolute atomic E-state index is 0.0798. The van der Waals surface area contributed by atoms with Gasteiger partial charge in [0.15, 0.2) is 17.3 Å². The van der Waals surface area contributed by atoms with Crippen molar-refractivity contribution in [2.24, 2.45) is 0 Å². The molecule has 1 aromatic heterocycles. The van der Waals surface area contributed by atoms with Crippen molar-refractivity contribution in [3.63, 3.8) is 0 Å². The van der Waals surface area contributed by atoms with Crippen LogP contribution in [0, 0.1) is 5.82 Å². The average Bonchev–Trinajstić information content (AvgIpc) is 3.16. The highest BCUT2D eigenvalue weighted by Crippen LogP contribution is 2.37. The summed E-state index contributed by atoms with van der Waals surface area (Å²) in [6.45, 7) is 3.90. The first-order valence-electron chi connectivity index (χ1n) is 8.83. The molecule has 0 aliphatic rings. The van der Waals surface area contributed by atoms with Crippen molar-refractivity contribution in [2.75, 3.05) is 6.61 Å². The van der Waals surface area contributed by atoms with E-state index in [1.54, 1.807) is 24.5 Å². The van der Waals surface area contributed by atoms with Crippen LogP contribution in [0.25, 0.3) is 0 Å². The van der Waals surface area contributed by atoms with Crippen LogP contribution in [-0.4, -0.2) is 6.61 Å². The number of rotatable bonds is 9. The highest BCUT2D eigenvalue weighted by molar-refractivity contribution is 6.32. The minimum Gasteiger partial charge on any atom is -0.490 e. The minimum atomic E-state index is -0.310. The van der Waals surface area contributed by atoms with Gasteiger partial charge >= 0.3 is 0 Å². The molecule has 0 atom stereocenters. The van der Waals surface area contributed by atoms with Gasteiger partial charge in [0, 0.05) is 11.1 Å². The van der Waals surface area contributed by atoms with E-state index in [2.05, 4.69) is 5.32 Å². The molecule has 6 heteroatoms. The molecule has 1 heterocycles. The lowest BCUT2D eigenvalue weighted by Crippen LogP contribution is -2.80. The fraction of sp³-hybridized carbons (Fsp3) is 0.238. The van der Waals surface area contributed by atoms with Gasteiger partial charge in [-0.1, -0.05) is 29.8 Å². The van der Waals surface area contributed by atoms with Crippen LogP contribution in [0.1, 0.15) is 23.8 Å². The summed E-state index contributed by atoms with van der Waals surface area (Å²) in [5, 5.41) is 2.55. The first-order valence-corrected chi connectivity index (χ1v) is 9.20. The Kier molecular flexibility index (Phi) is 6.74. The van der Waals surface area contributed by atoms with Crippen LogP contribution < -0.4 is 14.8 Å². The van der Waals surface area contributed by atoms with Crippen molar-refractivity contribution in [2.45, 2.75) is 26.6 Å². The van der Waals surface area contributed by atoms with Crippen LogP contribution in [0.3, 0.4) is 0 Å². The molecule has 0 bridgehead atoms. The highest BCUT2D eigenvalue weighted by atomic mass is 35.5. The highest BCUT2D eigenvalue weighted by Gasteiger charge is 2.14. The zero-order valence-electron chi connectivity index (χ0n) is 15.1. The summed E-state index contributed by atoms with van der Waals surface area (Å²) < 4.78 is 30.6. The van der Waals surface area contributed by atoms with Crippen LogP contribution in [0.2, 0.25) is 5.02 Å². The molecule has 142 valence electrons. The van der Waals surface area contributed by atoms with Gasteiger partial charge in [-0.3, -0.25) is 0 Å². The molecule has 0 aliphatic heterocycles. The van der Waals surface area contributed by atoms with E-state index in [1.807, 2.05) is 31.2 Å². The summed E-state index contributed by atoms with van der Waals surface area (Å²) >= 11 is 6.42. The maximum absolute atomic E-state index is 13.8. The van der Waals surface area contributed by atoms with Crippen molar-refractivity contribution in [1.29, 1.82) is 0 Å². The maximum atomic E-state index is 13.8. The standard InChI is InChI=1S/C21H21ClFNO3/c1-2-25-20-11-15(12-24-13-17-7-5-9-26-17)10-18(22)21(20)27-14-16-6-3-4-8-19(16)23/h3-11,24H,2,12-14H2,1H3/p+1. The Hall–Kier alpha value is -2.50. The van der Waals surface area contributed by atoms with E-state index in [9.17, 15) is 4.39 Å². The Morgan fingerprint density at radius 2 is 1.93 bits per heavy atom. The first kappa shape index (κ1) is 19.3. The van der Waals surface area contributed by atoms with E-state index in [0.717, 1.165) is 17.9 Å². The van der Waals surface area contributed by atoms with E-state index in [0.29, 0.717) is 35.2 Å². The van der Waals surface area contributed by atoms with Crippen LogP contribution in [0.4, 0.5) is 4.39 Å². The van der Waals surface area contributed by atoms with E-state index in [-0.39, 0.29) is 12.4 Å². The lowest BCUT2D eigenvalue weighted by atomic mass is 10.2. The third-order valence-electron chi connectivity index (χ3n) is 4.00. The fourth-order valence-electron chi connectivity index (χ4n) is 2.72. The van der Waals surface area contributed by atoms with Gasteiger partial charge in [0.05, 0.1) is 17.9 Å². The molecule has 0 saturated heterocycles. The quantitative estimate of drug-likeness (QED) is 0.592. The molecule has 2 aromatic carbocycles. The average molecular weight is 391 g/mol. The van der Waals surface area contributed by atoms with Gasteiger partial charge in [0.2, 0.25) is 0 Å². The Morgan fingerprint density at radius 1 is 1.07 bits per heavy atom. The van der Waals surface area contributed by atoms with Crippen LogP contribution in [-0.2, 0) is 19.7 Å². The van der Waals surface area contributed by atoms with Gasteiger partial charge in [0.1, 0.15) is 25.5 Å². The molecule has 4 nitrogen and oxygen atoms in total. The molecule has 27 heavy (non-hydrogen) atoms. The van der Waals surface area contributed by atoms with E-state index >= 15 is 0 Å². The number of quaternary nitrogens is 1. The molecular formula is C21H22ClFNO3+. The van der Waals surface area contributed by atoms with Gasteiger partial charge in [-0.05, 0) is 37.3 Å². The Bertz CT molecular complexity index is 868. The molecule has 3 rings (SSSR count). The lowest BCUT2D eigenvalue weighted by molar-refractivity contribution is -0.688. The Labute approximate surface area is 162 Å². The number of benzene rings is 2. The lowest BCUT2D eigenvalue weighted by Gasteiger charge is -2.15. The molecule has 0 spiro atoms. The summed E-state index contributed by atoms with van der Waals surface area (Å²) in [7, 11) is 0. The summed E-state index contributed by atoms with van der Waals surface area (Å²) in [6, 6.07) is 14.1. The first-order chi connectivity index (χ1) is 13.2. The largest absolute Gasteiger partial charge is 0.490 e. The number of hydrogen-bond donors (Lipinski definition) is 1. The third kappa shape index (κ3) is 5.25. The van der Waals surface area contributed by atoms with Crippen molar-refractivity contribution in [1.82, 2.24) is 0 Å². The van der Waals surface area contributed by atoms with E-state index < -0.39 is 0 Å². The van der Waals surface area contributed by atoms with Gasteiger partial charge in [-0.15, -0.1) is 0 Å². The number of nitrogens with two attached hydrogens (primary N) is 1. The maximum Gasteiger partial charge on any atom is 0.180 e. The Balaban J connectivity index is 1.70. The zero-order valence-corrected chi connectivity index (χ0v) is 15.8. The normalized spacial score (nSPS) is 10.8. The second-order valence-corrected chi connectivity index (χ2v) is 6.40. The van der Waals surface area contributed by atoms with Crippen LogP contribution in [0.15, 0.2) is 59.2 Å². The summed E-state index contributed by atoms with van der Waals surface area (Å²) in [5.41, 5.74) is 1.47. The molecule has 0 fully saturated rings.